The topological polar surface area (TPSA) is 150 Å². The Morgan fingerprint density at radius 2 is 2.18 bits per heavy atom. The lowest BCUT2D eigenvalue weighted by Gasteiger charge is -2.27. The van der Waals surface area contributed by atoms with Crippen molar-refractivity contribution < 1.29 is 24.7 Å². The Hall–Kier alpha value is -2.50. The van der Waals surface area contributed by atoms with E-state index >= 15 is 0 Å². The molecule has 0 aromatic heterocycles. The molecule has 11 heteroatoms. The van der Waals surface area contributed by atoms with Crippen LogP contribution >= 0.6 is 11.8 Å². The molecule has 0 saturated heterocycles. The molecule has 0 fully saturated rings. The van der Waals surface area contributed by atoms with E-state index in [-0.39, 0.29) is 23.2 Å². The number of carbonyl (C=O) groups excluding carboxylic acids is 1. The fourth-order valence-electron chi connectivity index (χ4n) is 2.42. The number of benzene rings is 1. The van der Waals surface area contributed by atoms with Crippen molar-refractivity contribution in [1.29, 1.82) is 5.41 Å². The standard InChI is InChI=1S/C17H22FN5O4S/c1-17(2,25)8-20-13(24)7-28-16(23-27)14(19)15(22-26)21-12-5-9-3-4-10(18)6-11(9)12/h3-4,6,12,19,25-27H,5,7-8H2,1-2H3,(H,20,24)(H,21,22)/b19-14?,23-16+. The lowest BCUT2D eigenvalue weighted by atomic mass is 9.83. The summed E-state index contributed by atoms with van der Waals surface area (Å²) in [5.74, 6) is -1.27. The first-order chi connectivity index (χ1) is 13.1. The van der Waals surface area contributed by atoms with Gasteiger partial charge in [0.25, 0.3) is 0 Å². The molecule has 0 bridgehead atoms. The van der Waals surface area contributed by atoms with Gasteiger partial charge < -0.3 is 15.6 Å². The summed E-state index contributed by atoms with van der Waals surface area (Å²) in [6.07, 6.45) is 0.520. The number of carbonyl (C=O) groups is 1. The summed E-state index contributed by atoms with van der Waals surface area (Å²) in [6.45, 7) is 3.12. The van der Waals surface area contributed by atoms with Gasteiger partial charge in [-0.3, -0.25) is 25.9 Å². The van der Waals surface area contributed by atoms with Crippen molar-refractivity contribution in [3.05, 3.63) is 35.1 Å². The lowest BCUT2D eigenvalue weighted by Crippen LogP contribution is -2.39. The smallest absolute Gasteiger partial charge is 0.230 e. The van der Waals surface area contributed by atoms with E-state index in [1.807, 2.05) is 0 Å². The van der Waals surface area contributed by atoms with Crippen molar-refractivity contribution in [2.45, 2.75) is 31.9 Å². The van der Waals surface area contributed by atoms with Gasteiger partial charge in [-0.05, 0) is 43.5 Å². The second-order valence-corrected chi connectivity index (χ2v) is 7.77. The fraction of sp³-hybridized carbons (Fsp3) is 0.412. The fourth-order valence-corrected chi connectivity index (χ4v) is 3.09. The second kappa shape index (κ2) is 9.13. The largest absolute Gasteiger partial charge is 0.410 e. The molecule has 6 N–H and O–H groups in total. The third-order valence-corrected chi connectivity index (χ3v) is 4.84. The van der Waals surface area contributed by atoms with E-state index in [0.29, 0.717) is 12.0 Å². The Kier molecular flexibility index (Phi) is 7.11. The molecule has 2 rings (SSSR count). The second-order valence-electron chi connectivity index (χ2n) is 6.81. The molecule has 1 aliphatic rings. The minimum absolute atomic E-state index is 0.0397. The quantitative estimate of drug-likeness (QED) is 0.172. The number of amides is 1. The van der Waals surface area contributed by atoms with Gasteiger partial charge in [0, 0.05) is 6.54 Å². The van der Waals surface area contributed by atoms with Gasteiger partial charge in [-0.15, -0.1) is 0 Å². The maximum Gasteiger partial charge on any atom is 0.230 e. The van der Waals surface area contributed by atoms with Crippen molar-refractivity contribution in [3.63, 3.8) is 0 Å². The number of nitrogens with one attached hydrogen (secondary N) is 3. The van der Waals surface area contributed by atoms with Crippen LogP contribution in [0.4, 0.5) is 4.39 Å². The summed E-state index contributed by atoms with van der Waals surface area (Å²) in [6, 6.07) is 3.90. The first-order valence-corrected chi connectivity index (χ1v) is 9.32. The number of aliphatic hydroxyl groups is 1. The summed E-state index contributed by atoms with van der Waals surface area (Å²) >= 11 is 0.763. The molecule has 9 nitrogen and oxygen atoms in total. The number of hydrogen-bond acceptors (Lipinski definition) is 8. The third kappa shape index (κ3) is 5.75. The van der Waals surface area contributed by atoms with Gasteiger partial charge in [0.05, 0.1) is 17.4 Å². The van der Waals surface area contributed by atoms with Crippen LogP contribution in [0.15, 0.2) is 28.3 Å². The molecule has 1 aromatic rings. The van der Waals surface area contributed by atoms with E-state index in [0.717, 1.165) is 17.3 Å². The summed E-state index contributed by atoms with van der Waals surface area (Å²) in [4.78, 5) is 16.0. The van der Waals surface area contributed by atoms with E-state index in [4.69, 9.17) is 10.6 Å². The first kappa shape index (κ1) is 21.8. The Labute approximate surface area is 165 Å². The molecule has 1 unspecified atom stereocenters. The molecule has 28 heavy (non-hydrogen) atoms. The normalized spacial score (nSPS) is 16.8. The van der Waals surface area contributed by atoms with Crippen LogP contribution in [-0.4, -0.2) is 55.9 Å². The summed E-state index contributed by atoms with van der Waals surface area (Å²) in [5.41, 5.74) is 1.87. The molecule has 1 atom stereocenters. The summed E-state index contributed by atoms with van der Waals surface area (Å²) in [5, 5.41) is 41.4. The Bertz CT molecular complexity index is 822. The predicted octanol–water partition coefficient (Wildman–Crippen LogP) is 1.23. The zero-order chi connectivity index (χ0) is 20.9. The minimum Gasteiger partial charge on any atom is -0.410 e. The van der Waals surface area contributed by atoms with Crippen LogP contribution in [0.5, 0.6) is 0 Å². The number of oxime groups is 1. The van der Waals surface area contributed by atoms with Crippen LogP contribution in [-0.2, 0) is 11.2 Å². The van der Waals surface area contributed by atoms with Gasteiger partial charge in [0.1, 0.15) is 11.5 Å². The van der Waals surface area contributed by atoms with E-state index in [9.17, 15) is 19.5 Å². The van der Waals surface area contributed by atoms with Gasteiger partial charge in [-0.1, -0.05) is 23.0 Å². The van der Waals surface area contributed by atoms with Gasteiger partial charge in [-0.25, -0.2) is 4.39 Å². The number of aliphatic imine (C=N–C) groups is 1. The van der Waals surface area contributed by atoms with Crippen LogP contribution in [0.2, 0.25) is 0 Å². The SMILES string of the molecule is CC(C)(O)CNC(=O)CS/C(=N/O)C(=N)C(=NC1Cc2ccc(F)cc21)NO. The summed E-state index contributed by atoms with van der Waals surface area (Å²) < 4.78 is 13.4. The van der Waals surface area contributed by atoms with Gasteiger partial charge >= 0.3 is 0 Å². The maximum atomic E-state index is 13.4. The van der Waals surface area contributed by atoms with E-state index in [1.165, 1.54) is 26.0 Å². The monoisotopic (exact) mass is 411 g/mol. The van der Waals surface area contributed by atoms with Crippen molar-refractivity contribution in [2.75, 3.05) is 12.3 Å². The average molecular weight is 411 g/mol. The molecule has 152 valence electrons. The highest BCUT2D eigenvalue weighted by molar-refractivity contribution is 8.16. The van der Waals surface area contributed by atoms with Crippen LogP contribution in [0.25, 0.3) is 0 Å². The molecule has 0 aliphatic heterocycles. The summed E-state index contributed by atoms with van der Waals surface area (Å²) in [7, 11) is 0. The van der Waals surface area contributed by atoms with Gasteiger partial charge in [0.15, 0.2) is 10.9 Å². The Morgan fingerprint density at radius 3 is 2.79 bits per heavy atom. The Morgan fingerprint density at radius 1 is 1.46 bits per heavy atom. The highest BCUT2D eigenvalue weighted by atomic mass is 32.2. The first-order valence-electron chi connectivity index (χ1n) is 8.34. The number of fused-ring (bicyclic) bond motifs is 1. The van der Waals surface area contributed by atoms with Crippen molar-refractivity contribution in [2.24, 2.45) is 10.1 Å². The number of amidine groups is 1. The molecule has 1 aromatic carbocycles. The van der Waals surface area contributed by atoms with E-state index in [2.05, 4.69) is 15.5 Å². The van der Waals surface area contributed by atoms with E-state index < -0.39 is 29.1 Å². The molecular formula is C17H22FN5O4S. The number of hydroxylamine groups is 1. The number of rotatable bonds is 7. The highest BCUT2D eigenvalue weighted by Crippen LogP contribution is 2.36. The molecule has 0 heterocycles. The molecule has 0 radical (unpaired) electrons. The number of halogens is 1. The minimum atomic E-state index is -1.07. The zero-order valence-electron chi connectivity index (χ0n) is 15.4. The highest BCUT2D eigenvalue weighted by Gasteiger charge is 2.28. The maximum absolute atomic E-state index is 13.4. The molecular weight excluding hydrogens is 389 g/mol. The molecule has 0 saturated carbocycles. The average Bonchev–Trinajstić information content (AvgIpc) is 2.62. The van der Waals surface area contributed by atoms with Crippen LogP contribution in [0, 0.1) is 11.2 Å². The van der Waals surface area contributed by atoms with Crippen LogP contribution < -0.4 is 10.8 Å². The predicted molar refractivity (Wildman–Crippen MR) is 104 cm³/mol. The lowest BCUT2D eigenvalue weighted by molar-refractivity contribution is -0.119. The van der Waals surface area contributed by atoms with E-state index in [1.54, 1.807) is 11.5 Å². The zero-order valence-corrected chi connectivity index (χ0v) is 16.2. The van der Waals surface area contributed by atoms with Crippen molar-refractivity contribution >= 4 is 34.3 Å². The molecule has 1 aliphatic carbocycles. The van der Waals surface area contributed by atoms with Gasteiger partial charge in [-0.2, -0.15) is 0 Å². The molecule has 0 spiro atoms. The number of thioether (sulfide) groups is 1. The molecule has 1 amide bonds. The van der Waals surface area contributed by atoms with Crippen LogP contribution in [0.3, 0.4) is 0 Å². The van der Waals surface area contributed by atoms with Crippen LogP contribution in [0.1, 0.15) is 31.0 Å². The van der Waals surface area contributed by atoms with Crippen molar-refractivity contribution in [3.8, 4) is 0 Å². The van der Waals surface area contributed by atoms with Gasteiger partial charge in [0.2, 0.25) is 5.91 Å². The third-order valence-electron chi connectivity index (χ3n) is 3.87. The number of nitrogens with zero attached hydrogens (tertiary/aromatic N) is 2. The number of hydrogen-bond donors (Lipinski definition) is 6. The van der Waals surface area contributed by atoms with Crippen molar-refractivity contribution in [1.82, 2.24) is 10.8 Å². The Balaban J connectivity index is 2.00.